The highest BCUT2D eigenvalue weighted by molar-refractivity contribution is 7.16. The highest BCUT2D eigenvalue weighted by Gasteiger charge is 2.18. The first-order valence-corrected chi connectivity index (χ1v) is 10.9. The van der Waals surface area contributed by atoms with Gasteiger partial charge in [0.15, 0.2) is 0 Å². The monoisotopic (exact) mass is 395 g/mol. The third-order valence-corrected chi connectivity index (χ3v) is 7.02. The van der Waals surface area contributed by atoms with Gasteiger partial charge in [0.05, 0.1) is 10.0 Å². The topological polar surface area (TPSA) is 19.4 Å². The van der Waals surface area contributed by atoms with Crippen LogP contribution >= 0.6 is 45.6 Å². The normalized spacial score (nSPS) is 16.7. The van der Waals surface area contributed by atoms with Crippen LogP contribution < -0.4 is 0 Å². The van der Waals surface area contributed by atoms with Crippen molar-refractivity contribution >= 4 is 45.6 Å². The predicted molar refractivity (Wildman–Crippen MR) is 105 cm³/mol. The lowest BCUT2D eigenvalue weighted by atomic mass is 10.3. The van der Waals surface area contributed by atoms with E-state index in [1.54, 1.807) is 34.0 Å². The molecule has 0 atom stereocenters. The summed E-state index contributed by atoms with van der Waals surface area (Å²) in [6, 6.07) is 6.27. The molecule has 4 rings (SSSR count). The van der Waals surface area contributed by atoms with Crippen LogP contribution in [-0.4, -0.2) is 41.0 Å². The average Bonchev–Trinajstić information content (AvgIpc) is 3.31. The van der Waals surface area contributed by atoms with Gasteiger partial charge >= 0.3 is 0 Å². The van der Waals surface area contributed by atoms with Crippen molar-refractivity contribution in [2.45, 2.75) is 13.1 Å². The lowest BCUT2D eigenvalue weighted by Gasteiger charge is -2.34. The predicted octanol–water partition coefficient (Wildman–Crippen LogP) is 4.90. The average molecular weight is 396 g/mol. The maximum absolute atomic E-state index is 6.02. The van der Waals surface area contributed by atoms with Crippen LogP contribution in [-0.2, 0) is 13.1 Å². The first-order chi connectivity index (χ1) is 11.8. The maximum atomic E-state index is 6.02. The van der Waals surface area contributed by atoms with E-state index in [9.17, 15) is 0 Å². The fourth-order valence-corrected chi connectivity index (χ4v) is 5.54. The van der Waals surface area contributed by atoms with Crippen LogP contribution in [0, 0.1) is 0 Å². The first kappa shape index (κ1) is 16.7. The second kappa shape index (κ2) is 7.64. The zero-order valence-corrected chi connectivity index (χ0v) is 16.4. The van der Waals surface area contributed by atoms with E-state index in [1.807, 2.05) is 6.07 Å². The summed E-state index contributed by atoms with van der Waals surface area (Å²) >= 11 is 11.2. The summed E-state index contributed by atoms with van der Waals surface area (Å²) in [5.41, 5.74) is 2.44. The van der Waals surface area contributed by atoms with Crippen molar-refractivity contribution in [3.05, 3.63) is 49.2 Å². The first-order valence-electron chi connectivity index (χ1n) is 7.92. The van der Waals surface area contributed by atoms with E-state index in [-0.39, 0.29) is 0 Å². The van der Waals surface area contributed by atoms with E-state index in [1.165, 1.54) is 16.1 Å². The summed E-state index contributed by atoms with van der Waals surface area (Å²) in [6.07, 6.45) is 0. The van der Waals surface area contributed by atoms with Crippen molar-refractivity contribution < 1.29 is 0 Å². The van der Waals surface area contributed by atoms with Gasteiger partial charge in [0.25, 0.3) is 0 Å². The Morgan fingerprint density at radius 2 is 1.79 bits per heavy atom. The van der Waals surface area contributed by atoms with Gasteiger partial charge in [-0.2, -0.15) is 11.3 Å². The summed E-state index contributed by atoms with van der Waals surface area (Å²) in [5.74, 6) is 0. The lowest BCUT2D eigenvalue weighted by molar-refractivity contribution is 0.122. The fourth-order valence-electron chi connectivity index (χ4n) is 2.89. The Balaban J connectivity index is 1.29. The maximum Gasteiger partial charge on any atom is 0.124 e. The zero-order valence-electron chi connectivity index (χ0n) is 13.2. The molecule has 0 saturated carbocycles. The van der Waals surface area contributed by atoms with Crippen molar-refractivity contribution in [3.8, 4) is 10.6 Å². The van der Waals surface area contributed by atoms with Gasteiger partial charge in [-0.05, 0) is 23.6 Å². The summed E-state index contributed by atoms with van der Waals surface area (Å²) < 4.78 is 0.883. The zero-order chi connectivity index (χ0) is 16.4. The smallest absolute Gasteiger partial charge is 0.124 e. The molecule has 0 unspecified atom stereocenters. The molecule has 3 aromatic heterocycles. The Morgan fingerprint density at radius 3 is 2.46 bits per heavy atom. The third kappa shape index (κ3) is 4.07. The van der Waals surface area contributed by atoms with E-state index in [2.05, 4.69) is 38.1 Å². The van der Waals surface area contributed by atoms with Crippen LogP contribution in [0.25, 0.3) is 10.6 Å². The van der Waals surface area contributed by atoms with Gasteiger partial charge in [0.1, 0.15) is 5.01 Å². The number of rotatable bonds is 5. The molecule has 3 nitrogen and oxygen atoms in total. The Hall–Kier alpha value is -0.760. The minimum absolute atomic E-state index is 0.883. The van der Waals surface area contributed by atoms with Crippen LogP contribution in [0.1, 0.15) is 10.6 Å². The molecule has 0 aromatic carbocycles. The number of aromatic nitrogens is 1. The van der Waals surface area contributed by atoms with Gasteiger partial charge in [0.2, 0.25) is 0 Å². The minimum Gasteiger partial charge on any atom is -0.296 e. The molecule has 0 bridgehead atoms. The molecular formula is C17H18ClN3S3. The van der Waals surface area contributed by atoms with Gasteiger partial charge in [-0.15, -0.1) is 22.7 Å². The molecule has 1 aliphatic heterocycles. The summed E-state index contributed by atoms with van der Waals surface area (Å²) in [7, 11) is 0. The Labute approximate surface area is 159 Å². The Bertz CT molecular complexity index is 773. The van der Waals surface area contributed by atoms with Gasteiger partial charge in [-0.25, -0.2) is 4.98 Å². The highest BCUT2D eigenvalue weighted by Crippen LogP contribution is 2.26. The van der Waals surface area contributed by atoms with Crippen molar-refractivity contribution in [1.29, 1.82) is 0 Å². The third-order valence-electron chi connectivity index (χ3n) is 4.18. The SMILES string of the molecule is Clc1ccc(CN2CCN(Cc3csc(-c4ccsc4)n3)CC2)s1. The van der Waals surface area contributed by atoms with E-state index in [4.69, 9.17) is 16.6 Å². The van der Waals surface area contributed by atoms with Crippen LogP contribution in [0.15, 0.2) is 34.3 Å². The van der Waals surface area contributed by atoms with Crippen molar-refractivity contribution in [1.82, 2.24) is 14.8 Å². The number of thiazole rings is 1. The standard InChI is InChI=1S/C17H18ClN3S3/c18-16-2-1-15(24-16)10-21-6-4-20(5-7-21)9-14-12-23-17(19-14)13-3-8-22-11-13/h1-3,8,11-12H,4-7,9-10H2. The molecular weight excluding hydrogens is 378 g/mol. The van der Waals surface area contributed by atoms with Crippen molar-refractivity contribution in [2.75, 3.05) is 26.2 Å². The van der Waals surface area contributed by atoms with E-state index >= 15 is 0 Å². The summed E-state index contributed by atoms with van der Waals surface area (Å²) in [5, 5.41) is 7.61. The van der Waals surface area contributed by atoms with Crippen LogP contribution in [0.2, 0.25) is 4.34 Å². The number of piperazine rings is 1. The largest absolute Gasteiger partial charge is 0.296 e. The number of nitrogens with zero attached hydrogens (tertiary/aromatic N) is 3. The van der Waals surface area contributed by atoms with Crippen molar-refractivity contribution in [3.63, 3.8) is 0 Å². The summed E-state index contributed by atoms with van der Waals surface area (Å²) in [6.45, 7) is 6.40. The second-order valence-electron chi connectivity index (χ2n) is 5.91. The minimum atomic E-state index is 0.883. The molecule has 3 aromatic rings. The molecule has 1 fully saturated rings. The van der Waals surface area contributed by atoms with E-state index < -0.39 is 0 Å². The quantitative estimate of drug-likeness (QED) is 0.612. The van der Waals surface area contributed by atoms with Crippen molar-refractivity contribution in [2.24, 2.45) is 0 Å². The molecule has 0 radical (unpaired) electrons. The Morgan fingerprint density at radius 1 is 1.00 bits per heavy atom. The molecule has 126 valence electrons. The number of hydrogen-bond acceptors (Lipinski definition) is 6. The molecule has 1 aliphatic rings. The van der Waals surface area contributed by atoms with Crippen LogP contribution in [0.4, 0.5) is 0 Å². The Kier molecular flexibility index (Phi) is 5.31. The molecule has 1 saturated heterocycles. The molecule has 4 heterocycles. The number of thiophene rings is 2. The van der Waals surface area contributed by atoms with E-state index in [0.29, 0.717) is 0 Å². The second-order valence-corrected chi connectivity index (χ2v) is 9.35. The molecule has 7 heteroatoms. The van der Waals surface area contributed by atoms with Crippen LogP contribution in [0.5, 0.6) is 0 Å². The lowest BCUT2D eigenvalue weighted by Crippen LogP contribution is -2.45. The summed E-state index contributed by atoms with van der Waals surface area (Å²) in [4.78, 5) is 11.2. The molecule has 24 heavy (non-hydrogen) atoms. The molecule has 0 aliphatic carbocycles. The van der Waals surface area contributed by atoms with Gasteiger partial charge in [-0.3, -0.25) is 9.80 Å². The van der Waals surface area contributed by atoms with Crippen LogP contribution in [0.3, 0.4) is 0 Å². The highest BCUT2D eigenvalue weighted by atomic mass is 35.5. The molecule has 0 amide bonds. The van der Waals surface area contributed by atoms with Gasteiger partial charge < -0.3 is 0 Å². The van der Waals surface area contributed by atoms with Gasteiger partial charge in [0, 0.05) is 60.5 Å². The fraction of sp³-hybridized carbons (Fsp3) is 0.353. The van der Waals surface area contributed by atoms with E-state index in [0.717, 1.165) is 48.6 Å². The molecule has 0 spiro atoms. The number of hydrogen-bond donors (Lipinski definition) is 0. The van der Waals surface area contributed by atoms with Gasteiger partial charge in [-0.1, -0.05) is 11.6 Å². The number of halogens is 1. The molecule has 0 N–H and O–H groups in total.